The van der Waals surface area contributed by atoms with Crippen LogP contribution >= 0.6 is 11.6 Å². The smallest absolute Gasteiger partial charge is 0.262 e. The summed E-state index contributed by atoms with van der Waals surface area (Å²) in [5.74, 6) is 0. The summed E-state index contributed by atoms with van der Waals surface area (Å²) < 4.78 is 53.2. The fourth-order valence-corrected chi connectivity index (χ4v) is 4.29. The number of hydrogen-bond donors (Lipinski definition) is 1. The lowest BCUT2D eigenvalue weighted by molar-refractivity contribution is 0.139. The molecule has 0 saturated carbocycles. The molecule has 5 nitrogen and oxygen atoms in total. The molecule has 0 unspecified atom stereocenters. The van der Waals surface area contributed by atoms with Crippen LogP contribution in [-0.2, 0) is 23.0 Å². The first-order chi connectivity index (χ1) is 15.7. The van der Waals surface area contributed by atoms with E-state index in [1.165, 1.54) is 28.9 Å². The van der Waals surface area contributed by atoms with Crippen molar-refractivity contribution in [2.24, 2.45) is 5.14 Å². The second-order valence-corrected chi connectivity index (χ2v) is 9.44. The van der Waals surface area contributed by atoms with E-state index in [9.17, 15) is 17.2 Å². The molecule has 0 aliphatic carbocycles. The normalized spacial score (nSPS) is 11.8. The van der Waals surface area contributed by atoms with Crippen molar-refractivity contribution in [3.63, 3.8) is 0 Å². The van der Waals surface area contributed by atoms with E-state index in [-0.39, 0.29) is 22.7 Å². The quantitative estimate of drug-likeness (QED) is 0.363. The molecule has 0 fully saturated rings. The molecule has 9 heteroatoms. The predicted octanol–water partition coefficient (Wildman–Crippen LogP) is 5.70. The maximum atomic E-state index is 14.3. The third kappa shape index (κ3) is 5.13. The molecule has 4 aromatic rings. The molecule has 1 aromatic heterocycles. The lowest BCUT2D eigenvalue weighted by Gasteiger charge is -2.10. The van der Waals surface area contributed by atoms with E-state index in [0.717, 1.165) is 5.56 Å². The van der Waals surface area contributed by atoms with Gasteiger partial charge in [0.15, 0.2) is 0 Å². The summed E-state index contributed by atoms with van der Waals surface area (Å²) in [7, 11) is -3.88. The number of sulfonamides is 1. The molecule has 0 amide bonds. The maximum absolute atomic E-state index is 14.3. The summed E-state index contributed by atoms with van der Waals surface area (Å²) in [6.07, 6.45) is -2.26. The Morgan fingerprint density at radius 1 is 0.909 bits per heavy atom. The van der Waals surface area contributed by atoms with Crippen LogP contribution in [-0.4, -0.2) is 18.2 Å². The highest BCUT2D eigenvalue weighted by atomic mass is 35.5. The lowest BCUT2D eigenvalue weighted by atomic mass is 9.99. The van der Waals surface area contributed by atoms with E-state index >= 15 is 0 Å². The summed E-state index contributed by atoms with van der Waals surface area (Å²) in [5, 5.41) is 10.2. The van der Waals surface area contributed by atoms with Crippen molar-refractivity contribution in [2.45, 2.75) is 24.3 Å². The predicted molar refractivity (Wildman–Crippen MR) is 125 cm³/mol. The van der Waals surface area contributed by atoms with Gasteiger partial charge in [0, 0.05) is 22.7 Å². The largest absolute Gasteiger partial charge is 0.280 e. The molecule has 3 aromatic carbocycles. The maximum Gasteiger partial charge on any atom is 0.280 e. The van der Waals surface area contributed by atoms with Gasteiger partial charge in [-0.25, -0.2) is 22.3 Å². The number of benzene rings is 3. The molecule has 0 spiro atoms. The average Bonchev–Trinajstić information content (AvgIpc) is 3.18. The van der Waals surface area contributed by atoms with Crippen molar-refractivity contribution >= 4 is 21.6 Å². The highest BCUT2D eigenvalue weighted by molar-refractivity contribution is 7.89. The summed E-state index contributed by atoms with van der Waals surface area (Å²) in [4.78, 5) is -0.0723. The van der Waals surface area contributed by atoms with Crippen LogP contribution in [0.5, 0.6) is 0 Å². The summed E-state index contributed by atoms with van der Waals surface area (Å²) in [6, 6.07) is 21.8. The molecule has 33 heavy (non-hydrogen) atoms. The second kappa shape index (κ2) is 9.43. The lowest BCUT2D eigenvalue weighted by Crippen LogP contribution is -2.11. The fraction of sp³-hybridized carbons (Fsp3) is 0.125. The molecule has 0 bridgehead atoms. The van der Waals surface area contributed by atoms with Crippen LogP contribution in [0.1, 0.15) is 17.7 Å². The Kier molecular flexibility index (Phi) is 6.60. The van der Waals surface area contributed by atoms with Gasteiger partial charge in [-0.2, -0.15) is 5.10 Å². The fourth-order valence-electron chi connectivity index (χ4n) is 3.65. The number of hydrogen-bond acceptors (Lipinski definition) is 3. The minimum absolute atomic E-state index is 0.0723. The van der Waals surface area contributed by atoms with E-state index in [1.54, 1.807) is 24.3 Å². The highest BCUT2D eigenvalue weighted by Crippen LogP contribution is 2.39. The van der Waals surface area contributed by atoms with Crippen LogP contribution < -0.4 is 5.14 Å². The zero-order valence-electron chi connectivity index (χ0n) is 17.3. The second-order valence-electron chi connectivity index (χ2n) is 7.44. The van der Waals surface area contributed by atoms with Gasteiger partial charge in [0.25, 0.3) is 6.43 Å². The van der Waals surface area contributed by atoms with E-state index in [4.69, 9.17) is 16.7 Å². The van der Waals surface area contributed by atoms with Crippen molar-refractivity contribution in [2.75, 3.05) is 0 Å². The average molecular weight is 488 g/mol. The van der Waals surface area contributed by atoms with Crippen molar-refractivity contribution in [3.8, 4) is 22.4 Å². The van der Waals surface area contributed by atoms with Gasteiger partial charge in [-0.15, -0.1) is 0 Å². The topological polar surface area (TPSA) is 78.0 Å². The van der Waals surface area contributed by atoms with E-state index in [2.05, 4.69) is 5.10 Å². The minimum atomic E-state index is -3.88. The molecule has 4 rings (SSSR count). The zero-order valence-corrected chi connectivity index (χ0v) is 18.9. The van der Waals surface area contributed by atoms with Crippen LogP contribution in [0.3, 0.4) is 0 Å². The summed E-state index contributed by atoms with van der Waals surface area (Å²) in [6.45, 7) is 0.250. The van der Waals surface area contributed by atoms with Gasteiger partial charge in [-0.3, -0.25) is 4.68 Å². The van der Waals surface area contributed by atoms with Crippen LogP contribution in [0.25, 0.3) is 22.4 Å². The molecule has 0 atom stereocenters. The van der Waals surface area contributed by atoms with Crippen LogP contribution in [0.2, 0.25) is 5.02 Å². The van der Waals surface area contributed by atoms with Crippen LogP contribution in [0, 0.1) is 0 Å². The third-order valence-electron chi connectivity index (χ3n) is 5.24. The molecular weight excluding hydrogens is 468 g/mol. The van der Waals surface area contributed by atoms with Gasteiger partial charge in [0.1, 0.15) is 11.4 Å². The van der Waals surface area contributed by atoms with E-state index in [1.807, 2.05) is 30.3 Å². The Labute approximate surface area is 195 Å². The SMILES string of the molecule is NS(=O)(=O)c1ccc(-c2nn(CCc3ccccc3)c(C(F)F)c2-c2ccc(Cl)cc2)cc1. The van der Waals surface area contributed by atoms with Crippen molar-refractivity contribution in [1.82, 2.24) is 9.78 Å². The van der Waals surface area contributed by atoms with Gasteiger partial charge >= 0.3 is 0 Å². The van der Waals surface area contributed by atoms with Gasteiger partial charge in [-0.1, -0.05) is 66.2 Å². The third-order valence-corrected chi connectivity index (χ3v) is 6.42. The molecular formula is C24H20ClF2N3O2S. The molecule has 0 aliphatic rings. The molecule has 2 N–H and O–H groups in total. The van der Waals surface area contributed by atoms with Crippen LogP contribution in [0.4, 0.5) is 8.78 Å². The molecule has 0 saturated heterocycles. The Balaban J connectivity index is 1.85. The first kappa shape index (κ1) is 23.1. The van der Waals surface area contributed by atoms with Gasteiger partial charge in [0.2, 0.25) is 10.0 Å². The molecule has 1 heterocycles. The molecule has 0 aliphatic heterocycles. The summed E-state index contributed by atoms with van der Waals surface area (Å²) in [5.41, 5.74) is 2.41. The molecule has 0 radical (unpaired) electrons. The Hall–Kier alpha value is -3.07. The monoisotopic (exact) mass is 487 g/mol. The molecule has 170 valence electrons. The number of alkyl halides is 2. The number of nitrogens with two attached hydrogens (primary N) is 1. The van der Waals surface area contributed by atoms with Crippen LogP contribution in [0.15, 0.2) is 83.8 Å². The van der Waals surface area contributed by atoms with E-state index < -0.39 is 16.4 Å². The first-order valence-corrected chi connectivity index (χ1v) is 12.0. The summed E-state index contributed by atoms with van der Waals surface area (Å²) >= 11 is 6.00. The Bertz CT molecular complexity index is 1360. The van der Waals surface area contributed by atoms with Gasteiger partial charge in [-0.05, 0) is 41.8 Å². The minimum Gasteiger partial charge on any atom is -0.262 e. The zero-order chi connectivity index (χ0) is 23.6. The number of rotatable bonds is 7. The van der Waals surface area contributed by atoms with Crippen molar-refractivity contribution < 1.29 is 17.2 Å². The van der Waals surface area contributed by atoms with Crippen molar-refractivity contribution in [1.29, 1.82) is 0 Å². The van der Waals surface area contributed by atoms with E-state index in [0.29, 0.717) is 28.3 Å². The number of halogens is 3. The van der Waals surface area contributed by atoms with Gasteiger partial charge < -0.3 is 0 Å². The number of aromatic nitrogens is 2. The van der Waals surface area contributed by atoms with Gasteiger partial charge in [0.05, 0.1) is 4.90 Å². The number of primary sulfonamides is 1. The Morgan fingerprint density at radius 3 is 2.09 bits per heavy atom. The standard InChI is InChI=1S/C24H20ClF2N3O2S/c25-19-10-6-17(7-11-19)21-22(18-8-12-20(13-9-18)33(28,31)32)29-30(23(21)24(26)27)15-14-16-4-2-1-3-5-16/h1-13,24H,14-15H2,(H2,28,31,32). The highest BCUT2D eigenvalue weighted by Gasteiger charge is 2.27. The first-order valence-electron chi connectivity index (χ1n) is 10.1. The number of aryl methyl sites for hydroxylation is 2. The Morgan fingerprint density at radius 2 is 1.52 bits per heavy atom. The van der Waals surface area contributed by atoms with Crippen molar-refractivity contribution in [3.05, 3.63) is 95.1 Å². The number of nitrogens with zero attached hydrogens (tertiary/aromatic N) is 2.